The largest absolute Gasteiger partial charge is 0.379 e. The molecule has 1 atom stereocenters. The molecular weight excluding hydrogens is 372 g/mol. The third kappa shape index (κ3) is 10.4. The average Bonchev–Trinajstić information content (AvgIpc) is 2.74. The summed E-state index contributed by atoms with van der Waals surface area (Å²) in [6.45, 7) is 18.9. The first-order chi connectivity index (χ1) is 14.6. The summed E-state index contributed by atoms with van der Waals surface area (Å²) in [5, 5.41) is 0. The third-order valence-electron chi connectivity index (χ3n) is 6.14. The molecule has 4 heteroatoms. The number of benzene rings is 1. The molecule has 0 N–H and O–H groups in total. The van der Waals surface area contributed by atoms with E-state index in [-0.39, 0.29) is 0 Å². The monoisotopic (exact) mass is 418 g/mol. The first-order valence-electron chi connectivity index (χ1n) is 12.3. The zero-order chi connectivity index (χ0) is 21.6. The predicted molar refractivity (Wildman–Crippen MR) is 127 cm³/mol. The Morgan fingerprint density at radius 3 is 2.07 bits per heavy atom. The lowest BCUT2D eigenvalue weighted by atomic mass is 9.95. The predicted octanol–water partition coefficient (Wildman–Crippen LogP) is 5.18. The van der Waals surface area contributed by atoms with Gasteiger partial charge in [0.25, 0.3) is 0 Å². The van der Waals surface area contributed by atoms with E-state index >= 15 is 0 Å². The number of hydrogen-bond donors (Lipinski definition) is 0. The van der Waals surface area contributed by atoms with Crippen molar-refractivity contribution in [1.29, 1.82) is 0 Å². The molecule has 1 aliphatic rings. The van der Waals surface area contributed by atoms with Crippen LogP contribution in [-0.4, -0.2) is 69.0 Å². The average molecular weight is 419 g/mol. The van der Waals surface area contributed by atoms with E-state index in [2.05, 4.69) is 61.8 Å². The molecular formula is C26H46N2O2. The highest BCUT2D eigenvalue weighted by molar-refractivity contribution is 5.25. The van der Waals surface area contributed by atoms with Gasteiger partial charge in [-0.15, -0.1) is 0 Å². The third-order valence-corrected chi connectivity index (χ3v) is 6.14. The summed E-state index contributed by atoms with van der Waals surface area (Å²) in [4.78, 5) is 5.10. The summed E-state index contributed by atoms with van der Waals surface area (Å²) >= 11 is 0. The van der Waals surface area contributed by atoms with Gasteiger partial charge >= 0.3 is 0 Å². The first-order valence-corrected chi connectivity index (χ1v) is 12.3. The Balaban J connectivity index is 1.51. The molecule has 30 heavy (non-hydrogen) atoms. The standard InChI is InChI=1S/C26H46N2O2/c1-5-7-24(4)26-11-9-25(10-12-26)22-28-15-13-27(14-16-28)17-19-30-21-20-29-18-6-8-23(2)3/h9-12,23-24H,5-8,13-22H2,1-4H3. The van der Waals surface area contributed by atoms with Crippen molar-refractivity contribution in [1.82, 2.24) is 9.80 Å². The fourth-order valence-electron chi connectivity index (χ4n) is 4.09. The Labute approximate surface area is 185 Å². The lowest BCUT2D eigenvalue weighted by Gasteiger charge is -2.34. The molecule has 0 bridgehead atoms. The highest BCUT2D eigenvalue weighted by Gasteiger charge is 2.16. The summed E-state index contributed by atoms with van der Waals surface area (Å²) in [5.74, 6) is 1.44. The van der Waals surface area contributed by atoms with Crippen molar-refractivity contribution >= 4 is 0 Å². The van der Waals surface area contributed by atoms with E-state index in [4.69, 9.17) is 9.47 Å². The molecule has 172 valence electrons. The SMILES string of the molecule is CCCC(C)c1ccc(CN2CCN(CCOCCOCCCC(C)C)CC2)cc1. The van der Waals surface area contributed by atoms with Crippen LogP contribution in [0.2, 0.25) is 0 Å². The van der Waals surface area contributed by atoms with Crippen LogP contribution in [-0.2, 0) is 16.0 Å². The maximum absolute atomic E-state index is 5.75. The van der Waals surface area contributed by atoms with Crippen LogP contribution < -0.4 is 0 Å². The van der Waals surface area contributed by atoms with Crippen LogP contribution in [0.1, 0.15) is 70.4 Å². The summed E-state index contributed by atoms with van der Waals surface area (Å²) < 4.78 is 11.4. The highest BCUT2D eigenvalue weighted by atomic mass is 16.5. The van der Waals surface area contributed by atoms with Crippen molar-refractivity contribution in [3.8, 4) is 0 Å². The Bertz CT molecular complexity index is 538. The van der Waals surface area contributed by atoms with Crippen LogP contribution in [0.25, 0.3) is 0 Å². The lowest BCUT2D eigenvalue weighted by Crippen LogP contribution is -2.46. The van der Waals surface area contributed by atoms with E-state index in [1.165, 1.54) is 30.4 Å². The molecule has 4 nitrogen and oxygen atoms in total. The van der Waals surface area contributed by atoms with Gasteiger partial charge in [0, 0.05) is 45.9 Å². The van der Waals surface area contributed by atoms with Crippen LogP contribution in [0.3, 0.4) is 0 Å². The van der Waals surface area contributed by atoms with Crippen molar-refractivity contribution in [3.05, 3.63) is 35.4 Å². The molecule has 1 aromatic carbocycles. The van der Waals surface area contributed by atoms with Crippen molar-refractivity contribution in [2.24, 2.45) is 5.92 Å². The van der Waals surface area contributed by atoms with Gasteiger partial charge in [-0.25, -0.2) is 0 Å². The zero-order valence-corrected chi connectivity index (χ0v) is 20.1. The molecule has 1 saturated heterocycles. The maximum atomic E-state index is 5.75. The molecule has 0 amide bonds. The molecule has 0 aromatic heterocycles. The molecule has 0 radical (unpaired) electrons. The maximum Gasteiger partial charge on any atom is 0.0701 e. The van der Waals surface area contributed by atoms with Gasteiger partial charge in [0.1, 0.15) is 0 Å². The van der Waals surface area contributed by atoms with Gasteiger partial charge in [-0.1, -0.05) is 58.4 Å². The molecule has 0 aliphatic carbocycles. The minimum absolute atomic E-state index is 0.672. The van der Waals surface area contributed by atoms with E-state index in [0.717, 1.165) is 71.4 Å². The van der Waals surface area contributed by atoms with Gasteiger partial charge in [0.05, 0.1) is 19.8 Å². The van der Waals surface area contributed by atoms with Crippen molar-refractivity contribution in [3.63, 3.8) is 0 Å². The summed E-state index contributed by atoms with van der Waals surface area (Å²) in [5.41, 5.74) is 2.92. The lowest BCUT2D eigenvalue weighted by molar-refractivity contribution is 0.0298. The summed E-state index contributed by atoms with van der Waals surface area (Å²) in [6.07, 6.45) is 4.93. The summed E-state index contributed by atoms with van der Waals surface area (Å²) in [6, 6.07) is 9.31. The number of hydrogen-bond acceptors (Lipinski definition) is 4. The zero-order valence-electron chi connectivity index (χ0n) is 20.1. The Morgan fingerprint density at radius 2 is 1.43 bits per heavy atom. The molecule has 1 fully saturated rings. The second-order valence-electron chi connectivity index (χ2n) is 9.31. The van der Waals surface area contributed by atoms with Crippen LogP contribution in [0, 0.1) is 5.92 Å². The topological polar surface area (TPSA) is 24.9 Å². The van der Waals surface area contributed by atoms with Crippen LogP contribution >= 0.6 is 0 Å². The first kappa shape index (κ1) is 25.3. The van der Waals surface area contributed by atoms with Crippen molar-refractivity contribution < 1.29 is 9.47 Å². The Hall–Kier alpha value is -0.940. The van der Waals surface area contributed by atoms with E-state index in [0.29, 0.717) is 12.5 Å². The number of piperazine rings is 1. The van der Waals surface area contributed by atoms with E-state index < -0.39 is 0 Å². The molecule has 0 saturated carbocycles. The number of ether oxygens (including phenoxy) is 2. The van der Waals surface area contributed by atoms with Gasteiger partial charge < -0.3 is 9.47 Å². The molecule has 2 rings (SSSR count). The smallest absolute Gasteiger partial charge is 0.0701 e. The number of rotatable bonds is 15. The molecule has 1 aromatic rings. The van der Waals surface area contributed by atoms with Gasteiger partial charge in [-0.2, -0.15) is 0 Å². The Morgan fingerprint density at radius 1 is 0.800 bits per heavy atom. The van der Waals surface area contributed by atoms with Gasteiger partial charge in [0.2, 0.25) is 0 Å². The van der Waals surface area contributed by atoms with Gasteiger partial charge in [-0.3, -0.25) is 9.80 Å². The van der Waals surface area contributed by atoms with Crippen LogP contribution in [0.5, 0.6) is 0 Å². The second kappa shape index (κ2) is 15.0. The van der Waals surface area contributed by atoms with Gasteiger partial charge in [0.15, 0.2) is 0 Å². The van der Waals surface area contributed by atoms with E-state index in [1.807, 2.05) is 0 Å². The minimum atomic E-state index is 0.672. The Kier molecular flexibility index (Phi) is 12.6. The normalized spacial score (nSPS) is 17.0. The van der Waals surface area contributed by atoms with E-state index in [1.54, 1.807) is 0 Å². The molecule has 1 aliphatic heterocycles. The molecule has 1 unspecified atom stereocenters. The number of nitrogens with zero attached hydrogens (tertiary/aromatic N) is 2. The molecule has 0 spiro atoms. The van der Waals surface area contributed by atoms with Crippen molar-refractivity contribution in [2.75, 3.05) is 59.2 Å². The van der Waals surface area contributed by atoms with Crippen LogP contribution in [0.15, 0.2) is 24.3 Å². The van der Waals surface area contributed by atoms with E-state index in [9.17, 15) is 0 Å². The highest BCUT2D eigenvalue weighted by Crippen LogP contribution is 2.21. The van der Waals surface area contributed by atoms with Crippen molar-refractivity contribution in [2.45, 2.75) is 65.8 Å². The minimum Gasteiger partial charge on any atom is -0.379 e. The second-order valence-corrected chi connectivity index (χ2v) is 9.31. The summed E-state index contributed by atoms with van der Waals surface area (Å²) in [7, 11) is 0. The fraction of sp³-hybridized carbons (Fsp3) is 0.769. The van der Waals surface area contributed by atoms with Gasteiger partial charge in [-0.05, 0) is 42.2 Å². The molecule has 1 heterocycles. The fourth-order valence-corrected chi connectivity index (χ4v) is 4.09. The quantitative estimate of drug-likeness (QED) is 0.367. The van der Waals surface area contributed by atoms with Crippen LogP contribution in [0.4, 0.5) is 0 Å².